The van der Waals surface area contributed by atoms with Gasteiger partial charge in [-0.3, -0.25) is 14.9 Å². The summed E-state index contributed by atoms with van der Waals surface area (Å²) in [6, 6.07) is 1.90. The van der Waals surface area contributed by atoms with Crippen molar-refractivity contribution in [2.24, 2.45) is 0 Å². The van der Waals surface area contributed by atoms with E-state index >= 15 is 0 Å². The maximum Gasteiger partial charge on any atom is 0.310 e. The summed E-state index contributed by atoms with van der Waals surface area (Å²) in [5.74, 6) is -3.06. The minimum Gasteiger partial charge on any atom is -0.481 e. The first-order chi connectivity index (χ1) is 7.34. The molecule has 1 aromatic carbocycles. The van der Waals surface area contributed by atoms with Crippen molar-refractivity contribution in [1.82, 2.24) is 0 Å². The molecule has 1 rings (SSSR count). The van der Waals surface area contributed by atoms with Crippen LogP contribution in [0.15, 0.2) is 12.1 Å². The third-order valence-corrected chi connectivity index (χ3v) is 2.34. The Morgan fingerprint density at radius 1 is 1.56 bits per heavy atom. The highest BCUT2D eigenvalue weighted by atomic mass is 19.1. The van der Waals surface area contributed by atoms with E-state index in [1.54, 1.807) is 0 Å². The smallest absolute Gasteiger partial charge is 0.310 e. The molecule has 0 spiro atoms. The van der Waals surface area contributed by atoms with Gasteiger partial charge in [-0.2, -0.15) is 0 Å². The van der Waals surface area contributed by atoms with Crippen molar-refractivity contribution in [3.8, 4) is 0 Å². The third kappa shape index (κ3) is 2.16. The number of aryl methyl sites for hydroxylation is 1. The zero-order chi connectivity index (χ0) is 12.5. The van der Waals surface area contributed by atoms with Gasteiger partial charge in [0.15, 0.2) is 0 Å². The number of halogens is 1. The summed E-state index contributed by atoms with van der Waals surface area (Å²) in [7, 11) is 0. The first kappa shape index (κ1) is 12.1. The van der Waals surface area contributed by atoms with E-state index in [1.165, 1.54) is 13.8 Å². The Bertz CT molecular complexity index is 435. The summed E-state index contributed by atoms with van der Waals surface area (Å²) in [5.41, 5.74) is -0.129. The van der Waals surface area contributed by atoms with Crippen molar-refractivity contribution in [2.75, 3.05) is 0 Å². The largest absolute Gasteiger partial charge is 0.481 e. The Morgan fingerprint density at radius 2 is 2.12 bits per heavy atom. The molecular weight excluding hydrogens is 217 g/mol. The van der Waals surface area contributed by atoms with Gasteiger partial charge in [0.25, 0.3) is 5.69 Å². The van der Waals surface area contributed by atoms with Crippen molar-refractivity contribution in [1.29, 1.82) is 0 Å². The second-order valence-electron chi connectivity index (χ2n) is 3.48. The van der Waals surface area contributed by atoms with Gasteiger partial charge in [0.1, 0.15) is 5.82 Å². The van der Waals surface area contributed by atoms with Crippen LogP contribution in [-0.4, -0.2) is 16.0 Å². The Hall–Kier alpha value is -1.98. The van der Waals surface area contributed by atoms with Crippen LogP contribution in [0, 0.1) is 22.9 Å². The van der Waals surface area contributed by atoms with Gasteiger partial charge in [-0.25, -0.2) is 4.39 Å². The van der Waals surface area contributed by atoms with Gasteiger partial charge in [-0.05, 0) is 19.4 Å². The summed E-state index contributed by atoms with van der Waals surface area (Å²) < 4.78 is 13.5. The number of carbonyl (C=O) groups is 1. The van der Waals surface area contributed by atoms with Crippen LogP contribution in [0.4, 0.5) is 10.1 Å². The summed E-state index contributed by atoms with van der Waals surface area (Å²) in [6.45, 7) is 2.78. The van der Waals surface area contributed by atoms with E-state index < -0.39 is 22.6 Å². The Kier molecular flexibility index (Phi) is 3.22. The molecule has 6 heteroatoms. The van der Waals surface area contributed by atoms with E-state index in [1.807, 2.05) is 0 Å². The third-order valence-electron chi connectivity index (χ3n) is 2.34. The molecule has 0 fully saturated rings. The molecule has 1 unspecified atom stereocenters. The monoisotopic (exact) mass is 227 g/mol. The number of rotatable bonds is 3. The fraction of sp³-hybridized carbons (Fsp3) is 0.300. The summed E-state index contributed by atoms with van der Waals surface area (Å²) in [4.78, 5) is 20.4. The first-order valence-electron chi connectivity index (χ1n) is 4.51. The fourth-order valence-electron chi connectivity index (χ4n) is 1.51. The van der Waals surface area contributed by atoms with Crippen LogP contribution in [0.5, 0.6) is 0 Å². The van der Waals surface area contributed by atoms with Crippen LogP contribution in [0.3, 0.4) is 0 Å². The number of aliphatic carboxylic acids is 1. The zero-order valence-electron chi connectivity index (χ0n) is 8.73. The average Bonchev–Trinajstić information content (AvgIpc) is 2.15. The Labute approximate surface area is 90.7 Å². The van der Waals surface area contributed by atoms with Gasteiger partial charge in [-0.15, -0.1) is 0 Å². The zero-order valence-corrected chi connectivity index (χ0v) is 8.73. The van der Waals surface area contributed by atoms with Crippen LogP contribution < -0.4 is 0 Å². The topological polar surface area (TPSA) is 80.4 Å². The van der Waals surface area contributed by atoms with Gasteiger partial charge in [0.2, 0.25) is 0 Å². The molecule has 0 aromatic heterocycles. The number of benzene rings is 1. The lowest BCUT2D eigenvalue weighted by Gasteiger charge is -2.11. The summed E-state index contributed by atoms with van der Waals surface area (Å²) >= 11 is 0. The molecule has 0 saturated carbocycles. The summed E-state index contributed by atoms with van der Waals surface area (Å²) in [5, 5.41) is 19.2. The maximum absolute atomic E-state index is 13.5. The molecule has 5 nitrogen and oxygen atoms in total. The molecule has 1 atom stereocenters. The highest BCUT2D eigenvalue weighted by molar-refractivity contribution is 5.76. The molecule has 86 valence electrons. The van der Waals surface area contributed by atoms with Gasteiger partial charge in [0.05, 0.1) is 16.9 Å². The lowest BCUT2D eigenvalue weighted by molar-refractivity contribution is -0.385. The van der Waals surface area contributed by atoms with Crippen LogP contribution in [0.1, 0.15) is 24.0 Å². The molecule has 0 heterocycles. The normalized spacial score (nSPS) is 12.2. The predicted octanol–water partition coefficient (Wildman–Crippen LogP) is 2.23. The van der Waals surface area contributed by atoms with E-state index in [2.05, 4.69) is 0 Å². The number of nitrogens with zero attached hydrogens (tertiary/aromatic N) is 1. The van der Waals surface area contributed by atoms with Crippen molar-refractivity contribution < 1.29 is 19.2 Å². The minimum atomic E-state index is -1.17. The van der Waals surface area contributed by atoms with E-state index in [-0.39, 0.29) is 16.8 Å². The predicted molar refractivity (Wildman–Crippen MR) is 53.8 cm³/mol. The number of nitro benzene ring substituents is 1. The van der Waals surface area contributed by atoms with Gasteiger partial charge in [0, 0.05) is 11.6 Å². The lowest BCUT2D eigenvalue weighted by atomic mass is 9.95. The van der Waals surface area contributed by atoms with Crippen molar-refractivity contribution in [3.05, 3.63) is 39.2 Å². The van der Waals surface area contributed by atoms with Crippen LogP contribution in [0.25, 0.3) is 0 Å². The standard InChI is InChI=1S/C10H10FNO4/c1-5-3-7(12(15)16)4-8(11)9(5)6(2)10(13)14/h3-4,6H,1-2H3,(H,13,14). The lowest BCUT2D eigenvalue weighted by Crippen LogP contribution is -2.11. The quantitative estimate of drug-likeness (QED) is 0.634. The van der Waals surface area contributed by atoms with Crippen molar-refractivity contribution in [3.63, 3.8) is 0 Å². The second-order valence-corrected chi connectivity index (χ2v) is 3.48. The number of carboxylic acids is 1. The van der Waals surface area contributed by atoms with Gasteiger partial charge >= 0.3 is 5.97 Å². The van der Waals surface area contributed by atoms with E-state index in [4.69, 9.17) is 5.11 Å². The van der Waals surface area contributed by atoms with Crippen LogP contribution in [0.2, 0.25) is 0 Å². The molecule has 0 aliphatic rings. The number of hydrogen-bond acceptors (Lipinski definition) is 3. The Morgan fingerprint density at radius 3 is 2.50 bits per heavy atom. The molecule has 0 bridgehead atoms. The SMILES string of the molecule is Cc1cc([N+](=O)[O-])cc(F)c1C(C)C(=O)O. The average molecular weight is 227 g/mol. The molecule has 1 N–H and O–H groups in total. The molecule has 16 heavy (non-hydrogen) atoms. The number of carboxylic acid groups (broad SMARTS) is 1. The minimum absolute atomic E-state index is 0.0156. The highest BCUT2D eigenvalue weighted by Crippen LogP contribution is 2.27. The number of non-ortho nitro benzene ring substituents is 1. The highest BCUT2D eigenvalue weighted by Gasteiger charge is 2.23. The Balaban J connectivity index is 3.33. The summed E-state index contributed by atoms with van der Waals surface area (Å²) in [6.07, 6.45) is 0. The van der Waals surface area contributed by atoms with Gasteiger partial charge in [-0.1, -0.05) is 0 Å². The van der Waals surface area contributed by atoms with Crippen molar-refractivity contribution >= 4 is 11.7 Å². The molecule has 0 aliphatic heterocycles. The first-order valence-corrected chi connectivity index (χ1v) is 4.51. The van der Waals surface area contributed by atoms with E-state index in [0.29, 0.717) is 0 Å². The van der Waals surface area contributed by atoms with Gasteiger partial charge < -0.3 is 5.11 Å². The van der Waals surface area contributed by atoms with E-state index in [9.17, 15) is 19.3 Å². The fourth-order valence-corrected chi connectivity index (χ4v) is 1.51. The molecule has 0 saturated heterocycles. The van der Waals surface area contributed by atoms with Crippen molar-refractivity contribution in [2.45, 2.75) is 19.8 Å². The van der Waals surface area contributed by atoms with E-state index in [0.717, 1.165) is 12.1 Å². The van der Waals surface area contributed by atoms with Crippen LogP contribution in [-0.2, 0) is 4.79 Å². The molecule has 0 radical (unpaired) electrons. The molecule has 0 aliphatic carbocycles. The van der Waals surface area contributed by atoms with Crippen LogP contribution >= 0.6 is 0 Å². The molecule has 0 amide bonds. The maximum atomic E-state index is 13.5. The molecular formula is C10H10FNO4. The number of nitro groups is 1. The second kappa shape index (κ2) is 4.26. The number of hydrogen-bond donors (Lipinski definition) is 1. The molecule has 1 aromatic rings.